The lowest BCUT2D eigenvalue weighted by atomic mass is 10.1. The van der Waals surface area contributed by atoms with E-state index in [0.29, 0.717) is 5.75 Å². The normalized spacial score (nSPS) is 15.2. The van der Waals surface area contributed by atoms with Crippen LogP contribution in [0, 0.1) is 10.1 Å². The number of carbonyl (C=O) groups is 3. The quantitative estimate of drug-likeness (QED) is 0.291. The van der Waals surface area contributed by atoms with E-state index in [2.05, 4.69) is 9.47 Å². The van der Waals surface area contributed by atoms with Crippen LogP contribution in [0.15, 0.2) is 48.2 Å². The number of carbonyl (C=O) groups excluding carboxylic acids is 3. The van der Waals surface area contributed by atoms with Gasteiger partial charge in [0.25, 0.3) is 5.91 Å². The molecule has 1 heterocycles. The standard InChI is InChI=1S/C20H17N3O8/c1-29-19(25)14(21)8-11-2-5-13(6-3-11)30-16-7-4-12(9-15(16)23(27)28)10-17-18(24)22-20(26)31-17/h2-7,9-10,14H,8,21H2,1H3,(H,22,24,26). The van der Waals surface area contributed by atoms with Gasteiger partial charge in [0.1, 0.15) is 11.8 Å². The number of benzene rings is 2. The maximum absolute atomic E-state index is 11.5. The Labute approximate surface area is 175 Å². The first-order valence-corrected chi connectivity index (χ1v) is 8.90. The minimum absolute atomic E-state index is 0.0287. The van der Waals surface area contributed by atoms with Crippen molar-refractivity contribution in [1.82, 2.24) is 5.32 Å². The summed E-state index contributed by atoms with van der Waals surface area (Å²) in [5.74, 6) is -1.24. The predicted octanol–water partition coefficient (Wildman–Crippen LogP) is 2.04. The van der Waals surface area contributed by atoms with Crippen LogP contribution in [0.3, 0.4) is 0 Å². The molecule has 1 aliphatic heterocycles. The van der Waals surface area contributed by atoms with E-state index < -0.39 is 28.9 Å². The van der Waals surface area contributed by atoms with Gasteiger partial charge in [-0.05, 0) is 41.8 Å². The van der Waals surface area contributed by atoms with Gasteiger partial charge in [0.05, 0.1) is 12.0 Å². The number of hydrogen-bond acceptors (Lipinski definition) is 9. The SMILES string of the molecule is COC(=O)C(N)Cc1ccc(Oc2ccc(C=C3OC(=O)NC3=O)cc2[N+](=O)[O-])cc1. The molecule has 0 aromatic heterocycles. The van der Waals surface area contributed by atoms with E-state index in [1.165, 1.54) is 31.4 Å². The van der Waals surface area contributed by atoms with Crippen molar-refractivity contribution in [3.8, 4) is 11.5 Å². The largest absolute Gasteiger partial charge is 0.468 e. The molecule has 160 valence electrons. The highest BCUT2D eigenvalue weighted by Gasteiger charge is 2.26. The van der Waals surface area contributed by atoms with Crippen molar-refractivity contribution in [1.29, 1.82) is 0 Å². The molecule has 1 fully saturated rings. The molecule has 0 radical (unpaired) electrons. The molecule has 0 saturated carbocycles. The number of nitrogens with one attached hydrogen (secondary N) is 1. The van der Waals surface area contributed by atoms with E-state index in [1.807, 2.05) is 5.32 Å². The van der Waals surface area contributed by atoms with Gasteiger partial charge in [-0.3, -0.25) is 25.0 Å². The predicted molar refractivity (Wildman–Crippen MR) is 106 cm³/mol. The molecule has 3 rings (SSSR count). The molecule has 2 amide bonds. The molecule has 3 N–H and O–H groups in total. The smallest absolute Gasteiger partial charge is 0.419 e. The summed E-state index contributed by atoms with van der Waals surface area (Å²) in [6, 6.07) is 9.74. The van der Waals surface area contributed by atoms with E-state index in [-0.39, 0.29) is 29.2 Å². The van der Waals surface area contributed by atoms with Crippen LogP contribution in [0.2, 0.25) is 0 Å². The number of ether oxygens (including phenoxy) is 3. The highest BCUT2D eigenvalue weighted by molar-refractivity contribution is 6.09. The van der Waals surface area contributed by atoms with Gasteiger partial charge in [-0.25, -0.2) is 4.79 Å². The maximum Gasteiger partial charge on any atom is 0.419 e. The number of amides is 2. The second kappa shape index (κ2) is 9.05. The average Bonchev–Trinajstić information content (AvgIpc) is 3.06. The monoisotopic (exact) mass is 427 g/mol. The number of nitro benzene ring substituents is 1. The number of methoxy groups -OCH3 is 1. The van der Waals surface area contributed by atoms with E-state index >= 15 is 0 Å². The van der Waals surface area contributed by atoms with Gasteiger partial charge in [0, 0.05) is 6.07 Å². The summed E-state index contributed by atoms with van der Waals surface area (Å²) in [5.41, 5.74) is 6.40. The van der Waals surface area contributed by atoms with E-state index in [1.54, 1.807) is 24.3 Å². The van der Waals surface area contributed by atoms with Crippen molar-refractivity contribution in [3.05, 3.63) is 69.5 Å². The summed E-state index contributed by atoms with van der Waals surface area (Å²) in [6.45, 7) is 0. The lowest BCUT2D eigenvalue weighted by molar-refractivity contribution is -0.385. The molecular weight excluding hydrogens is 410 g/mol. The summed E-state index contributed by atoms with van der Waals surface area (Å²) >= 11 is 0. The zero-order valence-electron chi connectivity index (χ0n) is 16.2. The summed E-state index contributed by atoms with van der Waals surface area (Å²) in [7, 11) is 1.25. The number of alkyl carbamates (subject to hydrolysis) is 1. The number of imide groups is 1. The van der Waals surface area contributed by atoms with Crippen molar-refractivity contribution < 1.29 is 33.5 Å². The second-order valence-corrected chi connectivity index (χ2v) is 6.42. The van der Waals surface area contributed by atoms with Crippen LogP contribution < -0.4 is 15.8 Å². The Morgan fingerprint density at radius 2 is 1.97 bits per heavy atom. The molecule has 0 spiro atoms. The van der Waals surface area contributed by atoms with Gasteiger partial charge in [-0.1, -0.05) is 18.2 Å². The first-order chi connectivity index (χ1) is 14.8. The molecule has 31 heavy (non-hydrogen) atoms. The molecular formula is C20H17N3O8. The number of cyclic esters (lactones) is 1. The number of nitrogens with zero attached hydrogens (tertiary/aromatic N) is 1. The Balaban J connectivity index is 1.77. The van der Waals surface area contributed by atoms with Crippen LogP contribution in [0.4, 0.5) is 10.5 Å². The average molecular weight is 427 g/mol. The summed E-state index contributed by atoms with van der Waals surface area (Å²) in [5, 5.41) is 13.4. The Kier molecular flexibility index (Phi) is 6.26. The van der Waals surface area contributed by atoms with Crippen molar-refractivity contribution in [2.24, 2.45) is 5.73 Å². The zero-order valence-corrected chi connectivity index (χ0v) is 16.2. The fraction of sp³-hybridized carbons (Fsp3) is 0.150. The molecule has 11 heteroatoms. The van der Waals surface area contributed by atoms with Crippen molar-refractivity contribution in [2.45, 2.75) is 12.5 Å². The van der Waals surface area contributed by atoms with E-state index in [4.69, 9.17) is 10.5 Å². The van der Waals surface area contributed by atoms with Gasteiger partial charge >= 0.3 is 17.7 Å². The van der Waals surface area contributed by atoms with Crippen molar-refractivity contribution in [3.63, 3.8) is 0 Å². The molecule has 11 nitrogen and oxygen atoms in total. The molecule has 1 unspecified atom stereocenters. The fourth-order valence-corrected chi connectivity index (χ4v) is 2.73. The fourth-order valence-electron chi connectivity index (χ4n) is 2.73. The molecule has 1 atom stereocenters. The van der Waals surface area contributed by atoms with Crippen LogP contribution >= 0.6 is 0 Å². The number of esters is 1. The Hall–Kier alpha value is -4.25. The molecule has 1 saturated heterocycles. The molecule has 2 aromatic carbocycles. The highest BCUT2D eigenvalue weighted by atomic mass is 16.6. The number of hydrogen-bond donors (Lipinski definition) is 2. The Bertz CT molecular complexity index is 1080. The minimum Gasteiger partial charge on any atom is -0.468 e. The molecule has 0 aliphatic carbocycles. The summed E-state index contributed by atoms with van der Waals surface area (Å²) < 4.78 is 14.9. The third kappa shape index (κ3) is 5.22. The lowest BCUT2D eigenvalue weighted by Crippen LogP contribution is -2.33. The van der Waals surface area contributed by atoms with Gasteiger partial charge in [0.2, 0.25) is 5.75 Å². The maximum atomic E-state index is 11.5. The van der Waals surface area contributed by atoms with Crippen molar-refractivity contribution >= 4 is 29.7 Å². The summed E-state index contributed by atoms with van der Waals surface area (Å²) in [4.78, 5) is 44.9. The van der Waals surface area contributed by atoms with Crippen LogP contribution in [0.1, 0.15) is 11.1 Å². The van der Waals surface area contributed by atoms with Crippen molar-refractivity contribution in [2.75, 3.05) is 7.11 Å². The summed E-state index contributed by atoms with van der Waals surface area (Å²) in [6.07, 6.45) is 0.548. The first kappa shape index (κ1) is 21.5. The van der Waals surface area contributed by atoms with Gasteiger partial charge in [-0.2, -0.15) is 0 Å². The first-order valence-electron chi connectivity index (χ1n) is 8.90. The Morgan fingerprint density at radius 1 is 1.26 bits per heavy atom. The highest BCUT2D eigenvalue weighted by Crippen LogP contribution is 2.33. The topological polar surface area (TPSA) is 160 Å². The lowest BCUT2D eigenvalue weighted by Gasteiger charge is -2.10. The van der Waals surface area contributed by atoms with Crippen LogP contribution in [0.25, 0.3) is 6.08 Å². The Morgan fingerprint density at radius 3 is 2.55 bits per heavy atom. The van der Waals surface area contributed by atoms with Crippen LogP contribution in [0.5, 0.6) is 11.5 Å². The third-order valence-corrected chi connectivity index (χ3v) is 4.23. The van der Waals surface area contributed by atoms with E-state index in [9.17, 15) is 24.5 Å². The second-order valence-electron chi connectivity index (χ2n) is 6.42. The van der Waals surface area contributed by atoms with Gasteiger partial charge in [-0.15, -0.1) is 0 Å². The number of rotatable bonds is 7. The van der Waals surface area contributed by atoms with Gasteiger partial charge < -0.3 is 19.9 Å². The van der Waals surface area contributed by atoms with Gasteiger partial charge in [0.15, 0.2) is 5.76 Å². The molecule has 2 aromatic rings. The van der Waals surface area contributed by atoms with E-state index in [0.717, 1.165) is 5.56 Å². The minimum atomic E-state index is -0.915. The molecule has 0 bridgehead atoms. The third-order valence-electron chi connectivity index (χ3n) is 4.23. The number of nitrogens with two attached hydrogens (primary N) is 1. The molecule has 1 aliphatic rings. The zero-order chi connectivity index (χ0) is 22.5. The van der Waals surface area contributed by atoms with Crippen LogP contribution in [-0.2, 0) is 25.5 Å². The van der Waals surface area contributed by atoms with Crippen LogP contribution in [-0.4, -0.2) is 36.0 Å². The number of nitro groups is 1.